The highest BCUT2D eigenvalue weighted by molar-refractivity contribution is 5.74. The molecular formula is C14H19NO7. The summed E-state index contributed by atoms with van der Waals surface area (Å²) in [5.74, 6) is -2.17. The Hall–Kier alpha value is -2.38. The lowest BCUT2D eigenvalue weighted by Gasteiger charge is -2.37. The zero-order chi connectivity index (χ0) is 16.9. The maximum atomic E-state index is 11.3. The molecule has 0 saturated carbocycles. The molecule has 8 heteroatoms. The van der Waals surface area contributed by atoms with Crippen molar-refractivity contribution in [2.75, 3.05) is 0 Å². The lowest BCUT2D eigenvalue weighted by Crippen LogP contribution is -2.56. The maximum absolute atomic E-state index is 11.3. The van der Waals surface area contributed by atoms with E-state index >= 15 is 0 Å². The molecule has 1 amide bonds. The molecule has 0 unspecified atom stereocenters. The van der Waals surface area contributed by atoms with E-state index in [4.69, 9.17) is 14.2 Å². The van der Waals surface area contributed by atoms with Crippen LogP contribution in [0.25, 0.3) is 0 Å². The van der Waals surface area contributed by atoms with Gasteiger partial charge in [0.1, 0.15) is 0 Å². The van der Waals surface area contributed by atoms with Crippen LogP contribution in [0.1, 0.15) is 27.7 Å². The molecule has 0 aromatic carbocycles. The quantitative estimate of drug-likeness (QED) is 0.437. The van der Waals surface area contributed by atoms with Gasteiger partial charge in [-0.15, -0.1) is 0 Å². The zero-order valence-electron chi connectivity index (χ0n) is 12.8. The third-order valence-corrected chi connectivity index (χ3v) is 2.79. The van der Waals surface area contributed by atoms with Crippen molar-refractivity contribution in [2.24, 2.45) is 0 Å². The van der Waals surface area contributed by atoms with E-state index < -0.39 is 42.3 Å². The van der Waals surface area contributed by atoms with E-state index in [0.717, 1.165) is 0 Å². The van der Waals surface area contributed by atoms with Crippen LogP contribution in [0, 0.1) is 0 Å². The average Bonchev–Trinajstić information content (AvgIpc) is 2.34. The van der Waals surface area contributed by atoms with Gasteiger partial charge in [-0.3, -0.25) is 19.2 Å². The van der Waals surface area contributed by atoms with Gasteiger partial charge in [0.25, 0.3) is 0 Å². The van der Waals surface area contributed by atoms with Crippen LogP contribution >= 0.6 is 0 Å². The number of carbonyl (C=O) groups is 4. The van der Waals surface area contributed by atoms with Crippen molar-refractivity contribution in [1.82, 2.24) is 5.32 Å². The van der Waals surface area contributed by atoms with Crippen molar-refractivity contribution >= 4 is 23.8 Å². The number of hydrogen-bond acceptors (Lipinski definition) is 7. The van der Waals surface area contributed by atoms with Crippen LogP contribution in [0.4, 0.5) is 0 Å². The summed E-state index contributed by atoms with van der Waals surface area (Å²) in [6, 6.07) is -0.697. The predicted octanol–water partition coefficient (Wildman–Crippen LogP) is -0.144. The number of rotatable bonds is 4. The maximum Gasteiger partial charge on any atom is 0.303 e. The van der Waals surface area contributed by atoms with E-state index in [1.807, 2.05) is 0 Å². The Labute approximate surface area is 127 Å². The molecule has 0 aromatic heterocycles. The van der Waals surface area contributed by atoms with Crippen molar-refractivity contribution in [2.45, 2.75) is 52.0 Å². The van der Waals surface area contributed by atoms with Crippen molar-refractivity contribution < 1.29 is 33.4 Å². The molecule has 0 heterocycles. The van der Waals surface area contributed by atoms with Crippen molar-refractivity contribution in [3.05, 3.63) is 12.2 Å². The monoisotopic (exact) mass is 313 g/mol. The highest BCUT2D eigenvalue weighted by atomic mass is 16.6. The molecule has 0 aliphatic heterocycles. The van der Waals surface area contributed by atoms with Crippen LogP contribution < -0.4 is 5.32 Å². The van der Waals surface area contributed by atoms with E-state index in [1.165, 1.54) is 39.8 Å². The van der Waals surface area contributed by atoms with Gasteiger partial charge in [0.15, 0.2) is 18.3 Å². The molecule has 1 rings (SSSR count). The summed E-state index contributed by atoms with van der Waals surface area (Å²) in [7, 11) is 0. The second kappa shape index (κ2) is 7.58. The van der Waals surface area contributed by atoms with Crippen molar-refractivity contribution in [3.8, 4) is 0 Å². The number of amides is 1. The summed E-state index contributed by atoms with van der Waals surface area (Å²) in [5.41, 5.74) is 0. The highest BCUT2D eigenvalue weighted by Crippen LogP contribution is 2.23. The van der Waals surface area contributed by atoms with E-state index in [-0.39, 0.29) is 5.91 Å². The summed E-state index contributed by atoms with van der Waals surface area (Å²) >= 11 is 0. The first kappa shape index (κ1) is 17.7. The topological polar surface area (TPSA) is 108 Å². The second-order valence-electron chi connectivity index (χ2n) is 4.83. The molecule has 0 spiro atoms. The molecule has 122 valence electrons. The lowest BCUT2D eigenvalue weighted by atomic mass is 9.93. The Kier molecular flexibility index (Phi) is 6.09. The smallest absolute Gasteiger partial charge is 0.303 e. The van der Waals surface area contributed by atoms with Gasteiger partial charge in [-0.2, -0.15) is 0 Å². The Morgan fingerprint density at radius 1 is 0.773 bits per heavy atom. The minimum absolute atomic E-state index is 0.348. The summed E-state index contributed by atoms with van der Waals surface area (Å²) < 4.78 is 15.4. The molecule has 1 aliphatic carbocycles. The van der Waals surface area contributed by atoms with Crippen LogP contribution in [0.2, 0.25) is 0 Å². The van der Waals surface area contributed by atoms with Crippen LogP contribution in [0.15, 0.2) is 12.2 Å². The Morgan fingerprint density at radius 2 is 1.27 bits per heavy atom. The zero-order valence-corrected chi connectivity index (χ0v) is 12.8. The molecule has 0 fully saturated rings. The molecule has 1 aliphatic rings. The fraction of sp³-hybridized carbons (Fsp3) is 0.571. The first-order chi connectivity index (χ1) is 10.2. The Morgan fingerprint density at radius 3 is 1.73 bits per heavy atom. The molecule has 8 nitrogen and oxygen atoms in total. The van der Waals surface area contributed by atoms with E-state index in [9.17, 15) is 19.2 Å². The molecule has 22 heavy (non-hydrogen) atoms. The van der Waals surface area contributed by atoms with Crippen LogP contribution in [-0.4, -0.2) is 48.2 Å². The molecule has 0 bridgehead atoms. The SMILES string of the molecule is CC(=O)N[C@H]1C=C[C@@H](OC(C)=O)[C@H](OC(C)=O)[C@@H]1OC(C)=O. The van der Waals surface area contributed by atoms with Gasteiger partial charge < -0.3 is 19.5 Å². The van der Waals surface area contributed by atoms with Crippen LogP contribution in [-0.2, 0) is 33.4 Å². The largest absolute Gasteiger partial charge is 0.456 e. The minimum atomic E-state index is -1.05. The highest BCUT2D eigenvalue weighted by Gasteiger charge is 2.43. The van der Waals surface area contributed by atoms with Gasteiger partial charge in [0.2, 0.25) is 5.91 Å². The second-order valence-corrected chi connectivity index (χ2v) is 4.83. The number of carbonyl (C=O) groups excluding carboxylic acids is 4. The van der Waals surface area contributed by atoms with Gasteiger partial charge >= 0.3 is 17.9 Å². The molecular weight excluding hydrogens is 294 g/mol. The summed E-state index contributed by atoms with van der Waals surface area (Å²) in [6.07, 6.45) is 0.0562. The fourth-order valence-corrected chi connectivity index (χ4v) is 2.16. The number of ether oxygens (including phenoxy) is 3. The first-order valence-corrected chi connectivity index (χ1v) is 6.67. The van der Waals surface area contributed by atoms with Gasteiger partial charge in [-0.05, 0) is 6.08 Å². The molecule has 0 radical (unpaired) electrons. The van der Waals surface area contributed by atoms with Crippen molar-refractivity contribution in [1.29, 1.82) is 0 Å². The van der Waals surface area contributed by atoms with Crippen LogP contribution in [0.5, 0.6) is 0 Å². The van der Waals surface area contributed by atoms with Gasteiger partial charge in [-0.1, -0.05) is 6.08 Å². The molecule has 0 saturated heterocycles. The summed E-state index contributed by atoms with van der Waals surface area (Å²) in [5, 5.41) is 2.58. The van der Waals surface area contributed by atoms with E-state index in [0.29, 0.717) is 0 Å². The number of nitrogens with one attached hydrogen (secondary N) is 1. The minimum Gasteiger partial charge on any atom is -0.456 e. The first-order valence-electron chi connectivity index (χ1n) is 6.67. The summed E-state index contributed by atoms with van der Waals surface area (Å²) in [4.78, 5) is 45.0. The third-order valence-electron chi connectivity index (χ3n) is 2.79. The summed E-state index contributed by atoms with van der Waals surface area (Å²) in [6.45, 7) is 4.88. The normalized spacial score (nSPS) is 26.7. The van der Waals surface area contributed by atoms with Crippen LogP contribution in [0.3, 0.4) is 0 Å². The lowest BCUT2D eigenvalue weighted by molar-refractivity contribution is -0.182. The molecule has 0 aromatic rings. The van der Waals surface area contributed by atoms with Gasteiger partial charge in [-0.25, -0.2) is 0 Å². The average molecular weight is 313 g/mol. The van der Waals surface area contributed by atoms with Crippen molar-refractivity contribution in [3.63, 3.8) is 0 Å². The third kappa shape index (κ3) is 5.19. The Balaban J connectivity index is 3.11. The molecule has 1 N–H and O–H groups in total. The molecule has 4 atom stereocenters. The number of esters is 3. The van der Waals surface area contributed by atoms with Gasteiger partial charge in [0, 0.05) is 27.7 Å². The standard InChI is InChI=1S/C14H19NO7/c1-7(16)15-11-5-6-12(20-8(2)17)14(22-10(4)19)13(11)21-9(3)18/h5-6,11-14H,1-4H3,(H,15,16)/t11-,12+,13+,14-/m0/s1. The number of hydrogen-bond donors (Lipinski definition) is 1. The fourth-order valence-electron chi connectivity index (χ4n) is 2.16. The van der Waals surface area contributed by atoms with E-state index in [1.54, 1.807) is 0 Å². The van der Waals surface area contributed by atoms with Gasteiger partial charge in [0.05, 0.1) is 6.04 Å². The Bertz CT molecular complexity index is 455. The van der Waals surface area contributed by atoms with E-state index in [2.05, 4.69) is 5.32 Å². The predicted molar refractivity (Wildman–Crippen MR) is 73.4 cm³/mol.